The van der Waals surface area contributed by atoms with Gasteiger partial charge in [0.2, 0.25) is 0 Å². The monoisotopic (exact) mass is 208 g/mol. The highest BCUT2D eigenvalue weighted by atomic mass is 32.1. The first-order chi connectivity index (χ1) is 6.65. The molecule has 0 aliphatic carbocycles. The number of hydrogen-bond acceptors (Lipinski definition) is 4. The average molecular weight is 208 g/mol. The van der Waals surface area contributed by atoms with Crippen LogP contribution >= 0.6 is 11.3 Å². The Bertz CT molecular complexity index is 424. The molecule has 2 aromatic rings. The van der Waals surface area contributed by atoms with E-state index < -0.39 is 0 Å². The summed E-state index contributed by atoms with van der Waals surface area (Å²) in [6.45, 7) is 4.60. The van der Waals surface area contributed by atoms with Gasteiger partial charge in [-0.1, -0.05) is 0 Å². The maximum absolute atomic E-state index is 5.70. The van der Waals surface area contributed by atoms with E-state index in [9.17, 15) is 0 Å². The second-order valence-electron chi connectivity index (χ2n) is 3.25. The van der Waals surface area contributed by atoms with Crippen molar-refractivity contribution < 1.29 is 0 Å². The average Bonchev–Trinajstić information content (AvgIpc) is 2.62. The van der Waals surface area contributed by atoms with Gasteiger partial charge in [-0.15, -0.1) is 11.3 Å². The summed E-state index contributed by atoms with van der Waals surface area (Å²) in [5.41, 5.74) is 8.36. The first-order valence-electron chi connectivity index (χ1n) is 4.35. The van der Waals surface area contributed by atoms with Gasteiger partial charge in [-0.3, -0.25) is 4.68 Å². The van der Waals surface area contributed by atoms with Gasteiger partial charge in [-0.2, -0.15) is 5.10 Å². The zero-order chi connectivity index (χ0) is 10.1. The number of nitrogen functional groups attached to an aromatic ring is 1. The fraction of sp³-hybridized carbons (Fsp3) is 0.333. The number of anilines is 1. The highest BCUT2D eigenvalue weighted by molar-refractivity contribution is 7.09. The van der Waals surface area contributed by atoms with Crippen molar-refractivity contribution in [3.8, 4) is 0 Å². The maximum atomic E-state index is 5.70. The van der Waals surface area contributed by atoms with Crippen molar-refractivity contribution in [2.24, 2.45) is 0 Å². The standard InChI is InChI=1S/C9H12N4S/c1-6-5-14-9(11-6)4-13-3-8(10)7(2)12-13/h3,5H,4,10H2,1-2H3. The lowest BCUT2D eigenvalue weighted by atomic mass is 10.4. The summed E-state index contributed by atoms with van der Waals surface area (Å²) >= 11 is 1.65. The number of hydrogen-bond donors (Lipinski definition) is 1. The zero-order valence-corrected chi connectivity index (χ0v) is 9.01. The minimum Gasteiger partial charge on any atom is -0.396 e. The van der Waals surface area contributed by atoms with E-state index in [1.165, 1.54) is 0 Å². The normalized spacial score (nSPS) is 10.7. The van der Waals surface area contributed by atoms with Crippen LogP contribution < -0.4 is 5.73 Å². The van der Waals surface area contributed by atoms with Gasteiger partial charge < -0.3 is 5.73 Å². The van der Waals surface area contributed by atoms with Crippen LogP contribution in [0.1, 0.15) is 16.4 Å². The Hall–Kier alpha value is -1.36. The summed E-state index contributed by atoms with van der Waals surface area (Å²) < 4.78 is 1.82. The Morgan fingerprint density at radius 3 is 2.79 bits per heavy atom. The molecule has 0 unspecified atom stereocenters. The third-order valence-electron chi connectivity index (χ3n) is 1.95. The van der Waals surface area contributed by atoms with E-state index in [0.29, 0.717) is 6.54 Å². The Kier molecular flexibility index (Phi) is 2.25. The molecule has 2 rings (SSSR count). The second-order valence-corrected chi connectivity index (χ2v) is 4.19. The number of nitrogens with zero attached hydrogens (tertiary/aromatic N) is 3. The van der Waals surface area contributed by atoms with Crippen molar-refractivity contribution in [2.75, 3.05) is 5.73 Å². The van der Waals surface area contributed by atoms with Crippen molar-refractivity contribution in [3.63, 3.8) is 0 Å². The summed E-state index contributed by atoms with van der Waals surface area (Å²) in [5, 5.41) is 7.37. The van der Waals surface area contributed by atoms with Gasteiger partial charge in [0.25, 0.3) is 0 Å². The largest absolute Gasteiger partial charge is 0.396 e. The number of aryl methyl sites for hydroxylation is 2. The molecule has 0 amide bonds. The van der Waals surface area contributed by atoms with E-state index in [2.05, 4.69) is 10.1 Å². The molecule has 14 heavy (non-hydrogen) atoms. The maximum Gasteiger partial charge on any atom is 0.114 e. The highest BCUT2D eigenvalue weighted by Crippen LogP contribution is 2.12. The van der Waals surface area contributed by atoms with E-state index >= 15 is 0 Å². The van der Waals surface area contributed by atoms with Crippen LogP contribution in [0.3, 0.4) is 0 Å². The lowest BCUT2D eigenvalue weighted by molar-refractivity contribution is 0.675. The van der Waals surface area contributed by atoms with E-state index in [-0.39, 0.29) is 0 Å². The molecule has 0 saturated heterocycles. The number of thiazole rings is 1. The smallest absolute Gasteiger partial charge is 0.114 e. The Labute approximate surface area is 86.4 Å². The molecule has 4 nitrogen and oxygen atoms in total. The first kappa shape index (κ1) is 9.21. The molecule has 0 radical (unpaired) electrons. The van der Waals surface area contributed by atoms with Gasteiger partial charge in [0.05, 0.1) is 17.9 Å². The highest BCUT2D eigenvalue weighted by Gasteiger charge is 2.03. The molecule has 0 saturated carbocycles. The summed E-state index contributed by atoms with van der Waals surface area (Å²) in [4.78, 5) is 4.36. The fourth-order valence-corrected chi connectivity index (χ4v) is 1.99. The predicted molar refractivity (Wildman–Crippen MR) is 57.3 cm³/mol. The van der Waals surface area contributed by atoms with Crippen molar-refractivity contribution in [1.29, 1.82) is 0 Å². The minimum atomic E-state index is 0.705. The first-order valence-corrected chi connectivity index (χ1v) is 5.23. The molecule has 2 heterocycles. The topological polar surface area (TPSA) is 56.7 Å². The summed E-state index contributed by atoms with van der Waals surface area (Å²) in [6.07, 6.45) is 1.84. The predicted octanol–water partition coefficient (Wildman–Crippen LogP) is 1.59. The van der Waals surface area contributed by atoms with E-state index in [0.717, 1.165) is 22.1 Å². The minimum absolute atomic E-state index is 0.705. The molecule has 0 fully saturated rings. The molecule has 0 aromatic carbocycles. The van der Waals surface area contributed by atoms with Crippen LogP contribution in [0.2, 0.25) is 0 Å². The van der Waals surface area contributed by atoms with E-state index in [1.807, 2.05) is 30.1 Å². The van der Waals surface area contributed by atoms with Crippen LogP contribution in [0.25, 0.3) is 0 Å². The van der Waals surface area contributed by atoms with Crippen LogP contribution in [0.4, 0.5) is 5.69 Å². The van der Waals surface area contributed by atoms with Crippen LogP contribution in [0, 0.1) is 13.8 Å². The van der Waals surface area contributed by atoms with Crippen LogP contribution in [-0.2, 0) is 6.54 Å². The van der Waals surface area contributed by atoms with Crippen molar-refractivity contribution in [3.05, 3.63) is 28.0 Å². The van der Waals surface area contributed by atoms with Gasteiger partial charge in [0, 0.05) is 17.3 Å². The zero-order valence-electron chi connectivity index (χ0n) is 8.19. The summed E-state index contributed by atoms with van der Waals surface area (Å²) in [5.74, 6) is 0. The molecule has 0 atom stereocenters. The molecule has 0 aliphatic heterocycles. The lowest BCUT2D eigenvalue weighted by Gasteiger charge is -1.95. The fourth-order valence-electron chi connectivity index (χ4n) is 1.23. The summed E-state index contributed by atoms with van der Waals surface area (Å²) in [7, 11) is 0. The lowest BCUT2D eigenvalue weighted by Crippen LogP contribution is -1.99. The Balaban J connectivity index is 2.18. The molecular formula is C9H12N4S. The second kappa shape index (κ2) is 3.42. The van der Waals surface area contributed by atoms with Crippen molar-refractivity contribution in [2.45, 2.75) is 20.4 Å². The molecule has 5 heteroatoms. The third kappa shape index (κ3) is 1.77. The SMILES string of the molecule is Cc1csc(Cn2cc(N)c(C)n2)n1. The van der Waals surface area contributed by atoms with Gasteiger partial charge in [0.1, 0.15) is 5.01 Å². The van der Waals surface area contributed by atoms with Gasteiger partial charge in [-0.25, -0.2) is 4.98 Å². The summed E-state index contributed by atoms with van der Waals surface area (Å²) in [6, 6.07) is 0. The quantitative estimate of drug-likeness (QED) is 0.815. The van der Waals surface area contributed by atoms with Gasteiger partial charge in [0.15, 0.2) is 0 Å². The van der Waals surface area contributed by atoms with Gasteiger partial charge in [-0.05, 0) is 13.8 Å². The Morgan fingerprint density at radius 1 is 1.50 bits per heavy atom. The molecule has 0 bridgehead atoms. The Morgan fingerprint density at radius 2 is 2.29 bits per heavy atom. The van der Waals surface area contributed by atoms with Crippen LogP contribution in [-0.4, -0.2) is 14.8 Å². The van der Waals surface area contributed by atoms with Crippen molar-refractivity contribution >= 4 is 17.0 Å². The molecule has 74 valence electrons. The van der Waals surface area contributed by atoms with Crippen molar-refractivity contribution in [1.82, 2.24) is 14.8 Å². The van der Waals surface area contributed by atoms with Gasteiger partial charge >= 0.3 is 0 Å². The van der Waals surface area contributed by atoms with Crippen LogP contribution in [0.15, 0.2) is 11.6 Å². The van der Waals surface area contributed by atoms with E-state index in [1.54, 1.807) is 11.3 Å². The molecule has 0 aliphatic rings. The number of nitrogens with two attached hydrogens (primary N) is 1. The molecule has 2 N–H and O–H groups in total. The molecule has 0 spiro atoms. The molecular weight excluding hydrogens is 196 g/mol. The number of aromatic nitrogens is 3. The third-order valence-corrected chi connectivity index (χ3v) is 2.90. The van der Waals surface area contributed by atoms with Crippen LogP contribution in [0.5, 0.6) is 0 Å². The van der Waals surface area contributed by atoms with E-state index in [4.69, 9.17) is 5.73 Å². The number of rotatable bonds is 2. The molecule has 2 aromatic heterocycles.